The highest BCUT2D eigenvalue weighted by atomic mass is 16.5. The fourth-order valence-corrected chi connectivity index (χ4v) is 0.608. The summed E-state index contributed by atoms with van der Waals surface area (Å²) in [5.41, 5.74) is 5.19. The van der Waals surface area contributed by atoms with Gasteiger partial charge >= 0.3 is 0 Å². The molecule has 0 aromatic heterocycles. The zero-order chi connectivity index (χ0) is 9.78. The number of hydrogen-bond donors (Lipinski definition) is 1. The second-order valence-corrected chi connectivity index (χ2v) is 3.51. The molecular formula is C9H20N2O. The van der Waals surface area contributed by atoms with E-state index in [0.29, 0.717) is 13.2 Å². The molecule has 3 nitrogen and oxygen atoms in total. The minimum absolute atomic E-state index is 0.130. The minimum Gasteiger partial charge on any atom is -0.495 e. The van der Waals surface area contributed by atoms with Gasteiger partial charge in [0.05, 0.1) is 12.1 Å². The lowest BCUT2D eigenvalue weighted by Gasteiger charge is -2.33. The lowest BCUT2D eigenvalue weighted by Crippen LogP contribution is -2.40. The summed E-state index contributed by atoms with van der Waals surface area (Å²) >= 11 is 0. The first-order chi connectivity index (χ1) is 5.42. The molecule has 0 saturated carbocycles. The molecule has 0 radical (unpaired) electrons. The molecule has 72 valence electrons. The second-order valence-electron chi connectivity index (χ2n) is 3.51. The first-order valence-electron chi connectivity index (χ1n) is 4.12. The Hall–Kier alpha value is -0.540. The molecule has 0 spiro atoms. The van der Waals surface area contributed by atoms with Crippen LogP contribution in [0.3, 0.4) is 0 Å². The van der Waals surface area contributed by atoms with Crippen molar-refractivity contribution in [1.29, 1.82) is 0 Å². The maximum absolute atomic E-state index is 5.36. The molecule has 0 aromatic carbocycles. The van der Waals surface area contributed by atoms with E-state index in [1.165, 1.54) is 0 Å². The molecule has 3 heteroatoms. The Morgan fingerprint density at radius 2 is 2.00 bits per heavy atom. The van der Waals surface area contributed by atoms with E-state index in [1.54, 1.807) is 0 Å². The van der Waals surface area contributed by atoms with E-state index in [2.05, 4.69) is 25.3 Å². The first-order valence-corrected chi connectivity index (χ1v) is 4.12. The van der Waals surface area contributed by atoms with Crippen molar-refractivity contribution >= 4 is 0 Å². The van der Waals surface area contributed by atoms with Crippen molar-refractivity contribution in [3.8, 4) is 0 Å². The molecule has 0 aliphatic carbocycles. The molecule has 0 atom stereocenters. The Morgan fingerprint density at radius 3 is 2.33 bits per heavy atom. The van der Waals surface area contributed by atoms with Crippen molar-refractivity contribution in [2.45, 2.75) is 19.4 Å². The van der Waals surface area contributed by atoms with Gasteiger partial charge in [0, 0.05) is 6.54 Å². The summed E-state index contributed by atoms with van der Waals surface area (Å²) in [4.78, 5) is 2.06. The van der Waals surface area contributed by atoms with Crippen LogP contribution in [0.15, 0.2) is 12.3 Å². The average Bonchev–Trinajstić information content (AvgIpc) is 1.99. The van der Waals surface area contributed by atoms with Crippen molar-refractivity contribution in [3.05, 3.63) is 12.3 Å². The highest BCUT2D eigenvalue weighted by molar-refractivity contribution is 5.05. The number of ether oxygens (including phenoxy) is 1. The van der Waals surface area contributed by atoms with Gasteiger partial charge in [0.25, 0.3) is 0 Å². The largest absolute Gasteiger partial charge is 0.495 e. The summed E-state index contributed by atoms with van der Waals surface area (Å²) in [6.07, 6.45) is 0. The molecule has 0 saturated heterocycles. The van der Waals surface area contributed by atoms with Crippen molar-refractivity contribution in [2.75, 3.05) is 27.2 Å². The molecule has 0 aromatic rings. The Bertz CT molecular complexity index is 153. The normalized spacial score (nSPS) is 11.8. The van der Waals surface area contributed by atoms with Gasteiger partial charge in [-0.1, -0.05) is 6.58 Å². The summed E-state index contributed by atoms with van der Waals surface area (Å²) < 4.78 is 5.36. The van der Waals surface area contributed by atoms with Crippen LogP contribution in [0.5, 0.6) is 0 Å². The number of rotatable bonds is 5. The van der Waals surface area contributed by atoms with Crippen LogP contribution in [0.4, 0.5) is 0 Å². The fourth-order valence-electron chi connectivity index (χ4n) is 0.608. The van der Waals surface area contributed by atoms with E-state index >= 15 is 0 Å². The summed E-state index contributed by atoms with van der Waals surface area (Å²) in [7, 11) is 3.99. The van der Waals surface area contributed by atoms with Crippen LogP contribution in [0.2, 0.25) is 0 Å². The van der Waals surface area contributed by atoms with Crippen LogP contribution in [0.1, 0.15) is 13.8 Å². The predicted molar refractivity (Wildman–Crippen MR) is 51.9 cm³/mol. The smallest absolute Gasteiger partial charge is 0.109 e. The molecule has 0 amide bonds. The van der Waals surface area contributed by atoms with Gasteiger partial charge in [-0.25, -0.2) is 0 Å². The van der Waals surface area contributed by atoms with E-state index in [0.717, 1.165) is 5.76 Å². The molecule has 0 heterocycles. The Labute approximate surface area is 75.2 Å². The maximum atomic E-state index is 5.36. The zero-order valence-corrected chi connectivity index (χ0v) is 8.55. The quantitative estimate of drug-likeness (QED) is 0.624. The lowest BCUT2D eigenvalue weighted by molar-refractivity contribution is 0.111. The van der Waals surface area contributed by atoms with Crippen LogP contribution in [0.25, 0.3) is 0 Å². The van der Waals surface area contributed by atoms with Gasteiger partial charge in [-0.05, 0) is 27.9 Å². The van der Waals surface area contributed by atoms with Crippen LogP contribution >= 0.6 is 0 Å². The third-order valence-electron chi connectivity index (χ3n) is 2.19. The van der Waals surface area contributed by atoms with Crippen molar-refractivity contribution in [3.63, 3.8) is 0 Å². The second kappa shape index (κ2) is 4.48. The van der Waals surface area contributed by atoms with E-state index in [9.17, 15) is 0 Å². The third kappa shape index (κ3) is 2.83. The topological polar surface area (TPSA) is 38.5 Å². The average molecular weight is 172 g/mol. The molecular weight excluding hydrogens is 152 g/mol. The minimum atomic E-state index is -0.130. The Kier molecular flexibility index (Phi) is 4.28. The monoisotopic (exact) mass is 172 g/mol. The van der Waals surface area contributed by atoms with Gasteiger partial charge in [0.15, 0.2) is 0 Å². The molecule has 0 rings (SSSR count). The van der Waals surface area contributed by atoms with Crippen molar-refractivity contribution < 1.29 is 4.74 Å². The number of nitrogens with zero attached hydrogens (tertiary/aromatic N) is 1. The van der Waals surface area contributed by atoms with Crippen LogP contribution < -0.4 is 5.73 Å². The number of hydrogen-bond acceptors (Lipinski definition) is 3. The number of nitrogens with two attached hydrogens (primary N) is 1. The van der Waals surface area contributed by atoms with Crippen molar-refractivity contribution in [2.24, 2.45) is 5.73 Å². The molecule has 0 bridgehead atoms. The Balaban J connectivity index is 4.07. The van der Waals surface area contributed by atoms with Crippen LogP contribution in [0, 0.1) is 0 Å². The molecule has 2 N–H and O–H groups in total. The van der Waals surface area contributed by atoms with E-state index in [1.807, 2.05) is 14.1 Å². The molecule has 0 unspecified atom stereocenters. The van der Waals surface area contributed by atoms with Crippen molar-refractivity contribution in [1.82, 2.24) is 4.90 Å². The summed E-state index contributed by atoms with van der Waals surface area (Å²) in [6.45, 7) is 9.06. The third-order valence-corrected chi connectivity index (χ3v) is 2.19. The van der Waals surface area contributed by atoms with Gasteiger partial charge in [-0.15, -0.1) is 0 Å². The fraction of sp³-hybridized carbons (Fsp3) is 0.778. The van der Waals surface area contributed by atoms with E-state index < -0.39 is 0 Å². The van der Waals surface area contributed by atoms with Crippen LogP contribution in [-0.4, -0.2) is 37.7 Å². The molecule has 0 fully saturated rings. The predicted octanol–water partition coefficient (Wildman–Crippen LogP) is 0.816. The van der Waals surface area contributed by atoms with E-state index in [-0.39, 0.29) is 5.54 Å². The highest BCUT2D eigenvalue weighted by Crippen LogP contribution is 2.20. The van der Waals surface area contributed by atoms with Crippen LogP contribution in [-0.2, 0) is 4.74 Å². The lowest BCUT2D eigenvalue weighted by atomic mass is 10.0. The van der Waals surface area contributed by atoms with Gasteiger partial charge < -0.3 is 10.5 Å². The first kappa shape index (κ1) is 11.5. The SMILES string of the molecule is C=C(OCCN)C(C)(C)N(C)C. The van der Waals surface area contributed by atoms with E-state index in [4.69, 9.17) is 10.5 Å². The standard InChI is InChI=1S/C9H20N2O/c1-8(12-7-6-10)9(2,3)11(4)5/h1,6-7,10H2,2-5H3. The Morgan fingerprint density at radius 1 is 1.50 bits per heavy atom. The molecule has 0 aliphatic heterocycles. The van der Waals surface area contributed by atoms with Gasteiger partial charge in [0.1, 0.15) is 5.76 Å². The maximum Gasteiger partial charge on any atom is 0.109 e. The zero-order valence-electron chi connectivity index (χ0n) is 8.55. The van der Waals surface area contributed by atoms with Gasteiger partial charge in [-0.2, -0.15) is 0 Å². The summed E-state index contributed by atoms with van der Waals surface area (Å²) in [5.74, 6) is 0.762. The molecule has 0 aliphatic rings. The van der Waals surface area contributed by atoms with Gasteiger partial charge in [-0.3, -0.25) is 4.90 Å². The highest BCUT2D eigenvalue weighted by Gasteiger charge is 2.25. The summed E-state index contributed by atoms with van der Waals surface area (Å²) in [5, 5.41) is 0. The summed E-state index contributed by atoms with van der Waals surface area (Å²) in [6, 6.07) is 0. The number of likely N-dealkylation sites (N-methyl/N-ethyl adjacent to an activating group) is 1. The molecule has 12 heavy (non-hydrogen) atoms. The van der Waals surface area contributed by atoms with Gasteiger partial charge in [0.2, 0.25) is 0 Å².